The molecule has 0 amide bonds. The molecule has 0 radical (unpaired) electrons. The monoisotopic (exact) mass is 300 g/mol. The first-order valence-corrected chi connectivity index (χ1v) is 6.27. The first-order chi connectivity index (χ1) is 8.74. The molecule has 0 aliphatic heterocycles. The van der Waals surface area contributed by atoms with Crippen LogP contribution in [0.15, 0.2) is 57.9 Å². The second kappa shape index (κ2) is 4.38. The zero-order valence-corrected chi connectivity index (χ0v) is 10.9. The largest absolute Gasteiger partial charge is 0.306 e. The van der Waals surface area contributed by atoms with E-state index in [2.05, 4.69) is 25.9 Å². The maximum absolute atomic E-state index is 12.0. The van der Waals surface area contributed by atoms with E-state index < -0.39 is 0 Å². The highest BCUT2D eigenvalue weighted by Crippen LogP contribution is 2.20. The lowest BCUT2D eigenvalue weighted by molar-refractivity contribution is 1.23. The minimum atomic E-state index is -0.122. The number of hydrogen-bond donors (Lipinski definition) is 1. The average Bonchev–Trinajstić information content (AvgIpc) is 2.39. The van der Waals surface area contributed by atoms with Crippen molar-refractivity contribution in [3.63, 3.8) is 0 Å². The van der Waals surface area contributed by atoms with Crippen LogP contribution in [0.2, 0.25) is 0 Å². The van der Waals surface area contributed by atoms with Gasteiger partial charge >= 0.3 is 0 Å². The summed E-state index contributed by atoms with van der Waals surface area (Å²) in [6.07, 6.45) is 1.66. The smallest absolute Gasteiger partial charge is 0.257 e. The Morgan fingerprint density at radius 1 is 1.11 bits per heavy atom. The van der Waals surface area contributed by atoms with Gasteiger partial charge in [0.2, 0.25) is 0 Å². The van der Waals surface area contributed by atoms with Crippen molar-refractivity contribution in [1.29, 1.82) is 0 Å². The summed E-state index contributed by atoms with van der Waals surface area (Å²) in [7, 11) is 0. The van der Waals surface area contributed by atoms with Crippen LogP contribution in [0.5, 0.6) is 0 Å². The van der Waals surface area contributed by atoms with Crippen molar-refractivity contribution in [2.24, 2.45) is 0 Å². The number of aromatic amines is 1. The molecule has 2 aromatic heterocycles. The van der Waals surface area contributed by atoms with Gasteiger partial charge in [-0.2, -0.15) is 0 Å². The number of pyridine rings is 2. The molecule has 3 nitrogen and oxygen atoms in total. The highest BCUT2D eigenvalue weighted by atomic mass is 79.9. The third kappa shape index (κ3) is 1.95. The lowest BCUT2D eigenvalue weighted by atomic mass is 10.1. The summed E-state index contributed by atoms with van der Waals surface area (Å²) < 4.78 is 0.991. The van der Waals surface area contributed by atoms with E-state index in [1.54, 1.807) is 6.20 Å². The lowest BCUT2D eigenvalue weighted by Crippen LogP contribution is -2.09. The molecule has 0 saturated heterocycles. The normalized spacial score (nSPS) is 10.7. The number of nitrogens with zero attached hydrogens (tertiary/aromatic N) is 1. The topological polar surface area (TPSA) is 45.8 Å². The molecule has 0 fully saturated rings. The Kier molecular flexibility index (Phi) is 2.72. The molecule has 4 heteroatoms. The van der Waals surface area contributed by atoms with Gasteiger partial charge in [0.15, 0.2) is 0 Å². The minimum absolute atomic E-state index is 0.122. The van der Waals surface area contributed by atoms with Crippen molar-refractivity contribution in [3.05, 3.63) is 63.5 Å². The van der Waals surface area contributed by atoms with Crippen LogP contribution in [-0.2, 0) is 0 Å². The average molecular weight is 301 g/mol. The van der Waals surface area contributed by atoms with Crippen LogP contribution >= 0.6 is 15.9 Å². The van der Waals surface area contributed by atoms with Gasteiger partial charge in [-0.25, -0.2) is 4.98 Å². The van der Waals surface area contributed by atoms with Crippen molar-refractivity contribution in [2.75, 3.05) is 0 Å². The van der Waals surface area contributed by atoms with Gasteiger partial charge in [0.05, 0.1) is 0 Å². The molecular formula is C14H9BrN2O. The van der Waals surface area contributed by atoms with Crippen LogP contribution in [0.1, 0.15) is 0 Å². The predicted molar refractivity (Wildman–Crippen MR) is 75.5 cm³/mol. The maximum Gasteiger partial charge on any atom is 0.257 e. The van der Waals surface area contributed by atoms with Gasteiger partial charge in [0.1, 0.15) is 5.65 Å². The first kappa shape index (κ1) is 11.2. The summed E-state index contributed by atoms with van der Waals surface area (Å²) in [6.45, 7) is 0. The van der Waals surface area contributed by atoms with Crippen molar-refractivity contribution in [3.8, 4) is 11.1 Å². The van der Waals surface area contributed by atoms with E-state index in [0.29, 0.717) is 11.2 Å². The summed E-state index contributed by atoms with van der Waals surface area (Å²) >= 11 is 3.38. The molecule has 3 aromatic rings. The molecule has 0 spiro atoms. The molecule has 0 atom stereocenters. The van der Waals surface area contributed by atoms with E-state index in [9.17, 15) is 4.79 Å². The molecule has 3 rings (SSSR count). The number of halogens is 1. The van der Waals surface area contributed by atoms with Gasteiger partial charge in [0, 0.05) is 21.6 Å². The first-order valence-electron chi connectivity index (χ1n) is 5.48. The van der Waals surface area contributed by atoms with Crippen LogP contribution in [-0.4, -0.2) is 9.97 Å². The Morgan fingerprint density at radius 3 is 2.67 bits per heavy atom. The molecular weight excluding hydrogens is 292 g/mol. The standard InChI is InChI=1S/C14H9BrN2O/c15-11-5-3-9(4-6-11)12-8-10-2-1-7-16-13(10)17-14(12)18/h1-8H,(H,16,17,18). The van der Waals surface area contributed by atoms with Crippen molar-refractivity contribution in [1.82, 2.24) is 9.97 Å². The molecule has 88 valence electrons. The molecule has 0 saturated carbocycles. The molecule has 1 N–H and O–H groups in total. The van der Waals surface area contributed by atoms with Crippen LogP contribution in [0.4, 0.5) is 0 Å². The molecule has 18 heavy (non-hydrogen) atoms. The molecule has 0 bridgehead atoms. The van der Waals surface area contributed by atoms with Crippen LogP contribution in [0.3, 0.4) is 0 Å². The van der Waals surface area contributed by atoms with E-state index in [1.807, 2.05) is 42.5 Å². The van der Waals surface area contributed by atoms with Crippen LogP contribution in [0.25, 0.3) is 22.2 Å². The zero-order chi connectivity index (χ0) is 12.5. The van der Waals surface area contributed by atoms with E-state index in [-0.39, 0.29) is 5.56 Å². The van der Waals surface area contributed by atoms with E-state index in [0.717, 1.165) is 15.4 Å². The summed E-state index contributed by atoms with van der Waals surface area (Å²) in [5.74, 6) is 0. The fraction of sp³-hybridized carbons (Fsp3) is 0. The summed E-state index contributed by atoms with van der Waals surface area (Å²) in [5, 5.41) is 0.926. The molecule has 0 aliphatic rings. The Morgan fingerprint density at radius 2 is 1.89 bits per heavy atom. The maximum atomic E-state index is 12.0. The van der Waals surface area contributed by atoms with Gasteiger partial charge in [0.25, 0.3) is 5.56 Å². The Balaban J connectivity index is 2.26. The number of rotatable bonds is 1. The number of nitrogens with one attached hydrogen (secondary N) is 1. The van der Waals surface area contributed by atoms with Crippen molar-refractivity contribution >= 4 is 27.0 Å². The second-order valence-electron chi connectivity index (χ2n) is 3.96. The number of benzene rings is 1. The predicted octanol–water partition coefficient (Wildman–Crippen LogP) is 3.35. The fourth-order valence-electron chi connectivity index (χ4n) is 1.88. The number of fused-ring (bicyclic) bond motifs is 1. The highest BCUT2D eigenvalue weighted by Gasteiger charge is 2.05. The Hall–Kier alpha value is -1.94. The third-order valence-corrected chi connectivity index (χ3v) is 3.30. The number of H-pyrrole nitrogens is 1. The van der Waals surface area contributed by atoms with Crippen LogP contribution in [0, 0.1) is 0 Å². The van der Waals surface area contributed by atoms with Gasteiger partial charge in [-0.3, -0.25) is 4.79 Å². The van der Waals surface area contributed by atoms with Crippen molar-refractivity contribution in [2.45, 2.75) is 0 Å². The van der Waals surface area contributed by atoms with E-state index in [4.69, 9.17) is 0 Å². The SMILES string of the molecule is O=c1[nH]c2ncccc2cc1-c1ccc(Br)cc1. The minimum Gasteiger partial charge on any atom is -0.306 e. The van der Waals surface area contributed by atoms with E-state index >= 15 is 0 Å². The Bertz CT molecular complexity index is 763. The van der Waals surface area contributed by atoms with Gasteiger partial charge in [-0.05, 0) is 35.9 Å². The number of aromatic nitrogens is 2. The molecule has 0 unspecified atom stereocenters. The summed E-state index contributed by atoms with van der Waals surface area (Å²) in [4.78, 5) is 18.9. The fourth-order valence-corrected chi connectivity index (χ4v) is 2.14. The second-order valence-corrected chi connectivity index (χ2v) is 4.88. The number of hydrogen-bond acceptors (Lipinski definition) is 2. The molecule has 2 heterocycles. The Labute approximate surface area is 112 Å². The van der Waals surface area contributed by atoms with Crippen molar-refractivity contribution < 1.29 is 0 Å². The third-order valence-electron chi connectivity index (χ3n) is 2.77. The van der Waals surface area contributed by atoms with Crippen LogP contribution < -0.4 is 5.56 Å². The quantitative estimate of drug-likeness (QED) is 0.749. The van der Waals surface area contributed by atoms with Gasteiger partial charge in [-0.15, -0.1) is 0 Å². The zero-order valence-electron chi connectivity index (χ0n) is 9.35. The summed E-state index contributed by atoms with van der Waals surface area (Å²) in [5.41, 5.74) is 2.04. The lowest BCUT2D eigenvalue weighted by Gasteiger charge is -2.03. The van der Waals surface area contributed by atoms with Gasteiger partial charge < -0.3 is 4.98 Å². The van der Waals surface area contributed by atoms with E-state index in [1.165, 1.54) is 0 Å². The molecule has 0 aliphatic carbocycles. The highest BCUT2D eigenvalue weighted by molar-refractivity contribution is 9.10. The summed E-state index contributed by atoms with van der Waals surface area (Å²) in [6, 6.07) is 13.3. The van der Waals surface area contributed by atoms with Gasteiger partial charge in [-0.1, -0.05) is 28.1 Å². The molecule has 1 aromatic carbocycles.